The van der Waals surface area contributed by atoms with Gasteiger partial charge in [0, 0.05) is 31.6 Å². The second kappa shape index (κ2) is 14.5. The molecule has 1 saturated carbocycles. The third-order valence-corrected chi connectivity index (χ3v) is 8.42. The Morgan fingerprint density at radius 1 is 1.19 bits per heavy atom. The molecule has 4 rings (SSSR count). The van der Waals surface area contributed by atoms with Gasteiger partial charge in [-0.25, -0.2) is 0 Å². The van der Waals surface area contributed by atoms with E-state index in [1.165, 1.54) is 6.92 Å². The third kappa shape index (κ3) is 7.58. The molecule has 42 heavy (non-hydrogen) atoms. The number of carbonyl (C=O) groups is 1. The molecule has 0 spiro atoms. The minimum atomic E-state index is -1.44. The summed E-state index contributed by atoms with van der Waals surface area (Å²) in [6, 6.07) is -3.05. The maximum Gasteiger partial charge on any atom is 0.249 e. The predicted octanol–water partition coefficient (Wildman–Crippen LogP) is -5.49. The maximum atomic E-state index is 12.9. The topological polar surface area (TPSA) is 255 Å². The Balaban J connectivity index is 1.50. The molecule has 0 radical (unpaired) electrons. The number of likely N-dealkylation sites (N-methyl/N-ethyl adjacent to an activating group) is 1. The van der Waals surface area contributed by atoms with Crippen LogP contribution in [-0.4, -0.2) is 151 Å². The van der Waals surface area contributed by atoms with Crippen LogP contribution in [-0.2, 0) is 23.7 Å². The van der Waals surface area contributed by atoms with E-state index in [0.717, 1.165) is 0 Å². The van der Waals surface area contributed by atoms with E-state index >= 15 is 0 Å². The summed E-state index contributed by atoms with van der Waals surface area (Å²) in [4.78, 5) is 12.9. The van der Waals surface area contributed by atoms with Gasteiger partial charge < -0.3 is 77.2 Å². The molecule has 1 amide bonds. The summed E-state index contributed by atoms with van der Waals surface area (Å²) in [6.45, 7) is 3.03. The molecule has 0 aromatic carbocycles. The zero-order valence-electron chi connectivity index (χ0n) is 24.1. The molecule has 0 bridgehead atoms. The van der Waals surface area contributed by atoms with E-state index < -0.39 is 78.8 Å². The van der Waals surface area contributed by atoms with E-state index in [4.69, 9.17) is 35.5 Å². The van der Waals surface area contributed by atoms with Crippen LogP contribution in [0.15, 0.2) is 11.8 Å². The van der Waals surface area contributed by atoms with E-state index in [2.05, 4.69) is 21.3 Å². The second-order valence-electron chi connectivity index (χ2n) is 11.8. The number of hydrogen-bond donors (Lipinski definition) is 11. The molecule has 0 aromatic rings. The average molecular weight is 605 g/mol. The van der Waals surface area contributed by atoms with Crippen LogP contribution in [0.25, 0.3) is 0 Å². The smallest absolute Gasteiger partial charge is 0.249 e. The molecule has 242 valence electrons. The molecule has 4 aliphatic rings. The zero-order chi connectivity index (χ0) is 30.6. The molecule has 3 aliphatic heterocycles. The molecule has 13 N–H and O–H groups in total. The molecule has 3 fully saturated rings. The average Bonchev–Trinajstić information content (AvgIpc) is 2.90. The first kappa shape index (κ1) is 33.4. The molecular weight excluding hydrogens is 556 g/mol. The monoisotopic (exact) mass is 604 g/mol. The molecule has 2 saturated heterocycles. The number of nitrogens with two attached hydrogens (primary N) is 2. The van der Waals surface area contributed by atoms with Crippen LogP contribution in [0.1, 0.15) is 19.8 Å². The van der Waals surface area contributed by atoms with Crippen molar-refractivity contribution in [2.45, 2.75) is 92.6 Å². The van der Waals surface area contributed by atoms with Crippen molar-refractivity contribution in [3.05, 3.63) is 11.8 Å². The number of aliphatic hydroxyl groups is 5. The highest BCUT2D eigenvalue weighted by Crippen LogP contribution is 2.32. The van der Waals surface area contributed by atoms with Gasteiger partial charge in [-0.3, -0.25) is 4.79 Å². The maximum absolute atomic E-state index is 12.9. The largest absolute Gasteiger partial charge is 0.467 e. The Bertz CT molecular complexity index is 926. The molecule has 3 heterocycles. The van der Waals surface area contributed by atoms with Crippen molar-refractivity contribution in [3.63, 3.8) is 0 Å². The van der Waals surface area contributed by atoms with Crippen LogP contribution >= 0.6 is 0 Å². The predicted molar refractivity (Wildman–Crippen MR) is 147 cm³/mol. The first-order valence-corrected chi connectivity index (χ1v) is 14.5. The SMILES string of the molecule is CN[C@@H]1[C@@H](O)[C@@H](O[C@@H]2[C@@H](O)[C@H](O[C@H]3OC(CNCCO)=CC[C@H]3N)[C@@H](N)C[C@H]2NC(=O)C(O)C2CNC2)OC[C@]1(C)O. The third-order valence-electron chi connectivity index (χ3n) is 8.42. The molecule has 1 aliphatic carbocycles. The molecular formula is C26H48N6O10. The zero-order valence-corrected chi connectivity index (χ0v) is 24.1. The minimum absolute atomic E-state index is 0.0322. The van der Waals surface area contributed by atoms with Crippen LogP contribution in [0.5, 0.6) is 0 Å². The number of aliphatic hydroxyl groups excluding tert-OH is 4. The summed E-state index contributed by atoms with van der Waals surface area (Å²) >= 11 is 0. The lowest BCUT2D eigenvalue weighted by molar-refractivity contribution is -0.304. The number of rotatable bonds is 12. The van der Waals surface area contributed by atoms with Gasteiger partial charge in [0.1, 0.15) is 41.9 Å². The fraction of sp³-hybridized carbons (Fsp3) is 0.885. The van der Waals surface area contributed by atoms with E-state index in [-0.39, 0.29) is 25.6 Å². The van der Waals surface area contributed by atoms with E-state index in [0.29, 0.717) is 38.4 Å². The summed E-state index contributed by atoms with van der Waals surface area (Å²) in [5, 5.41) is 64.4. The summed E-state index contributed by atoms with van der Waals surface area (Å²) in [5.41, 5.74) is 11.3. The highest BCUT2D eigenvalue weighted by atomic mass is 16.7. The first-order chi connectivity index (χ1) is 20.0. The van der Waals surface area contributed by atoms with Gasteiger partial charge in [-0.1, -0.05) is 0 Å². The van der Waals surface area contributed by atoms with Crippen molar-refractivity contribution in [2.75, 3.05) is 46.4 Å². The van der Waals surface area contributed by atoms with Crippen LogP contribution < -0.4 is 32.7 Å². The number of nitrogens with one attached hydrogen (secondary N) is 4. The van der Waals surface area contributed by atoms with Gasteiger partial charge in [0.25, 0.3) is 0 Å². The fourth-order valence-corrected chi connectivity index (χ4v) is 5.83. The van der Waals surface area contributed by atoms with Gasteiger partial charge in [-0.2, -0.15) is 0 Å². The van der Waals surface area contributed by atoms with Crippen molar-refractivity contribution < 1.29 is 49.3 Å². The Labute approximate surface area is 245 Å². The van der Waals surface area contributed by atoms with Gasteiger partial charge in [-0.05, 0) is 32.9 Å². The van der Waals surface area contributed by atoms with Crippen molar-refractivity contribution >= 4 is 5.91 Å². The summed E-state index contributed by atoms with van der Waals surface area (Å²) < 4.78 is 23.8. The number of carbonyl (C=O) groups excluding carboxylic acids is 1. The second-order valence-corrected chi connectivity index (χ2v) is 11.8. The normalized spacial score (nSPS) is 41.8. The number of hydrogen-bond acceptors (Lipinski definition) is 15. The van der Waals surface area contributed by atoms with E-state index in [1.807, 2.05) is 6.08 Å². The summed E-state index contributed by atoms with van der Waals surface area (Å²) in [6.07, 6.45) is -6.16. The van der Waals surface area contributed by atoms with E-state index in [1.54, 1.807) is 7.05 Å². The first-order valence-electron chi connectivity index (χ1n) is 14.5. The van der Waals surface area contributed by atoms with Crippen molar-refractivity contribution in [1.82, 2.24) is 21.3 Å². The van der Waals surface area contributed by atoms with Crippen LogP contribution in [0.2, 0.25) is 0 Å². The molecule has 12 atom stereocenters. The van der Waals surface area contributed by atoms with Crippen molar-refractivity contribution in [3.8, 4) is 0 Å². The number of amides is 1. The molecule has 16 heteroatoms. The van der Waals surface area contributed by atoms with Gasteiger partial charge in [0.15, 0.2) is 6.29 Å². The standard InChI is InChI=1S/C26H48N6O10/c1-26(38)11-39-25(19(36)22(26)29-2)42-21-16(32-23(37)17(34)12-8-31-9-12)7-15(28)20(18(21)35)41-24-14(27)4-3-13(40-24)10-30-5-6-33/h3,12,14-22,24-25,29-31,33-36,38H,4-11,27-28H2,1-2H3,(H,32,37)/t14-,15+,16-,17?,18+,19-,20-,21+,22-,24-,25-,26+/m1/s1. The van der Waals surface area contributed by atoms with Gasteiger partial charge >= 0.3 is 0 Å². The van der Waals surface area contributed by atoms with Gasteiger partial charge in [0.2, 0.25) is 12.2 Å². The quantitative estimate of drug-likeness (QED) is 0.0929. The summed E-state index contributed by atoms with van der Waals surface area (Å²) in [5.74, 6) is -0.318. The summed E-state index contributed by atoms with van der Waals surface area (Å²) in [7, 11) is 1.58. The Morgan fingerprint density at radius 2 is 1.90 bits per heavy atom. The lowest BCUT2D eigenvalue weighted by Crippen LogP contribution is -2.69. The molecule has 16 nitrogen and oxygen atoms in total. The molecule has 1 unspecified atom stereocenters. The Morgan fingerprint density at radius 3 is 2.55 bits per heavy atom. The van der Waals surface area contributed by atoms with Crippen molar-refractivity contribution in [1.29, 1.82) is 0 Å². The van der Waals surface area contributed by atoms with Crippen LogP contribution in [0.3, 0.4) is 0 Å². The molecule has 0 aromatic heterocycles. The highest BCUT2D eigenvalue weighted by molar-refractivity contribution is 5.81. The van der Waals surface area contributed by atoms with Gasteiger partial charge in [-0.15, -0.1) is 0 Å². The number of ether oxygens (including phenoxy) is 4. The lowest BCUT2D eigenvalue weighted by atomic mass is 9.83. The highest BCUT2D eigenvalue weighted by Gasteiger charge is 2.52. The van der Waals surface area contributed by atoms with E-state index in [9.17, 15) is 25.2 Å². The van der Waals surface area contributed by atoms with Crippen molar-refractivity contribution in [2.24, 2.45) is 17.4 Å². The Kier molecular flexibility index (Phi) is 11.5. The van der Waals surface area contributed by atoms with Crippen LogP contribution in [0, 0.1) is 5.92 Å². The van der Waals surface area contributed by atoms with Crippen LogP contribution in [0.4, 0.5) is 0 Å². The van der Waals surface area contributed by atoms with Gasteiger partial charge in [0.05, 0.1) is 37.9 Å². The Hall–Kier alpha value is -1.51. The lowest BCUT2D eigenvalue weighted by Gasteiger charge is -2.49. The fourth-order valence-electron chi connectivity index (χ4n) is 5.83. The minimum Gasteiger partial charge on any atom is -0.467 e.